The van der Waals surface area contributed by atoms with Crippen molar-refractivity contribution in [3.63, 3.8) is 0 Å². The van der Waals surface area contributed by atoms with Gasteiger partial charge in [0.1, 0.15) is 0 Å². The van der Waals surface area contributed by atoms with E-state index in [2.05, 4.69) is 0 Å². The van der Waals surface area contributed by atoms with E-state index in [0.717, 1.165) is 6.42 Å². The van der Waals surface area contributed by atoms with Gasteiger partial charge in [0, 0.05) is 17.7 Å². The second-order valence-electron chi connectivity index (χ2n) is 3.35. The molecule has 0 unspecified atom stereocenters. The van der Waals surface area contributed by atoms with Crippen LogP contribution in [0.4, 0.5) is 5.69 Å². The first-order chi connectivity index (χ1) is 7.16. The van der Waals surface area contributed by atoms with Crippen molar-refractivity contribution in [3.05, 3.63) is 39.9 Å². The average molecular weight is 246 g/mol. The van der Waals surface area contributed by atoms with E-state index in [4.69, 9.17) is 11.5 Å². The van der Waals surface area contributed by atoms with Crippen molar-refractivity contribution in [2.24, 2.45) is 11.5 Å². The fourth-order valence-corrected chi connectivity index (χ4v) is 1.46. The molecule has 0 spiro atoms. The molecule has 0 heterocycles. The fraction of sp³-hybridized carbons (Fsp3) is 0.400. The molecule has 0 fully saturated rings. The maximum absolute atomic E-state index is 10.7. The van der Waals surface area contributed by atoms with Gasteiger partial charge in [0.05, 0.1) is 4.92 Å². The lowest BCUT2D eigenvalue weighted by Crippen LogP contribution is -2.14. The molecule has 0 radical (unpaired) electrons. The molecule has 0 aliphatic carbocycles. The van der Waals surface area contributed by atoms with Crippen LogP contribution in [0.15, 0.2) is 24.3 Å². The first-order valence-corrected chi connectivity index (χ1v) is 4.85. The minimum absolute atomic E-state index is 0. The van der Waals surface area contributed by atoms with E-state index in [1.54, 1.807) is 18.2 Å². The molecular weight excluding hydrogens is 230 g/mol. The van der Waals surface area contributed by atoms with Gasteiger partial charge in [-0.3, -0.25) is 10.1 Å². The first kappa shape index (κ1) is 14.8. The second kappa shape index (κ2) is 7.16. The number of halogens is 1. The molecule has 90 valence electrons. The van der Waals surface area contributed by atoms with Crippen molar-refractivity contribution in [2.75, 3.05) is 6.54 Å². The zero-order valence-electron chi connectivity index (χ0n) is 8.83. The van der Waals surface area contributed by atoms with E-state index in [0.29, 0.717) is 18.5 Å². The highest BCUT2D eigenvalue weighted by molar-refractivity contribution is 5.85. The summed E-state index contributed by atoms with van der Waals surface area (Å²) in [4.78, 5) is 10.3. The van der Waals surface area contributed by atoms with E-state index in [1.165, 1.54) is 6.07 Å². The van der Waals surface area contributed by atoms with Crippen LogP contribution in [0, 0.1) is 10.1 Å². The van der Waals surface area contributed by atoms with E-state index in [-0.39, 0.29) is 24.1 Å². The Morgan fingerprint density at radius 3 is 2.56 bits per heavy atom. The third-order valence-corrected chi connectivity index (χ3v) is 2.25. The Morgan fingerprint density at radius 1 is 1.38 bits per heavy atom. The Bertz CT molecular complexity index is 347. The normalized spacial score (nSPS) is 11.6. The van der Waals surface area contributed by atoms with Crippen LogP contribution in [0.1, 0.15) is 24.4 Å². The molecule has 6 heteroatoms. The summed E-state index contributed by atoms with van der Waals surface area (Å²) in [5, 5.41) is 10.7. The zero-order valence-corrected chi connectivity index (χ0v) is 9.65. The van der Waals surface area contributed by atoms with E-state index in [1.807, 2.05) is 0 Å². The number of rotatable bonds is 5. The summed E-state index contributed by atoms with van der Waals surface area (Å²) in [6.45, 7) is 0.550. The number of nitro groups is 1. The third kappa shape index (κ3) is 3.77. The number of para-hydroxylation sites is 1. The minimum atomic E-state index is -0.405. The Balaban J connectivity index is 0.00000225. The smallest absolute Gasteiger partial charge is 0.274 e. The quantitative estimate of drug-likeness (QED) is 0.610. The van der Waals surface area contributed by atoms with Gasteiger partial charge in [-0.1, -0.05) is 18.2 Å². The highest BCUT2D eigenvalue weighted by Crippen LogP contribution is 2.25. The molecule has 0 aromatic heterocycles. The van der Waals surface area contributed by atoms with Gasteiger partial charge in [-0.05, 0) is 19.4 Å². The van der Waals surface area contributed by atoms with Crippen LogP contribution >= 0.6 is 12.4 Å². The molecule has 1 aromatic carbocycles. The monoisotopic (exact) mass is 245 g/mol. The molecule has 5 nitrogen and oxygen atoms in total. The van der Waals surface area contributed by atoms with Crippen LogP contribution < -0.4 is 11.5 Å². The number of benzene rings is 1. The number of hydrogen-bond acceptors (Lipinski definition) is 4. The molecule has 1 rings (SSSR count). The van der Waals surface area contributed by atoms with Gasteiger partial charge in [0.2, 0.25) is 0 Å². The van der Waals surface area contributed by atoms with Crippen LogP contribution in [0.5, 0.6) is 0 Å². The summed E-state index contributed by atoms with van der Waals surface area (Å²) in [6.07, 6.45) is 1.44. The number of hydrogen-bond donors (Lipinski definition) is 2. The lowest BCUT2D eigenvalue weighted by Gasteiger charge is -2.11. The summed E-state index contributed by atoms with van der Waals surface area (Å²) >= 11 is 0. The van der Waals surface area contributed by atoms with Crippen molar-refractivity contribution in [2.45, 2.75) is 18.9 Å². The molecule has 16 heavy (non-hydrogen) atoms. The SMILES string of the molecule is Cl.NCCC[C@H](N)c1ccccc1[N+](=O)[O-]. The standard InChI is InChI=1S/C10H15N3O2.ClH/c11-7-3-5-9(12)8-4-1-2-6-10(8)13(14)15;/h1-2,4,6,9H,3,5,7,11-12H2;1H/t9-;/m0./s1. The van der Waals surface area contributed by atoms with Crippen LogP contribution in [-0.2, 0) is 0 Å². The lowest BCUT2D eigenvalue weighted by atomic mass is 10.0. The third-order valence-electron chi connectivity index (χ3n) is 2.25. The van der Waals surface area contributed by atoms with Crippen molar-refractivity contribution in [1.82, 2.24) is 0 Å². The molecule has 4 N–H and O–H groups in total. The van der Waals surface area contributed by atoms with Gasteiger partial charge in [0.25, 0.3) is 5.69 Å². The van der Waals surface area contributed by atoms with Crippen molar-refractivity contribution >= 4 is 18.1 Å². The first-order valence-electron chi connectivity index (χ1n) is 4.85. The molecular formula is C10H16ClN3O2. The highest BCUT2D eigenvalue weighted by Gasteiger charge is 2.17. The van der Waals surface area contributed by atoms with Crippen LogP contribution in [-0.4, -0.2) is 11.5 Å². The molecule has 0 amide bonds. The van der Waals surface area contributed by atoms with Crippen molar-refractivity contribution in [3.8, 4) is 0 Å². The summed E-state index contributed by atoms with van der Waals surface area (Å²) < 4.78 is 0. The van der Waals surface area contributed by atoms with Gasteiger partial charge in [0.15, 0.2) is 0 Å². The van der Waals surface area contributed by atoms with E-state index >= 15 is 0 Å². The molecule has 0 saturated heterocycles. The number of nitrogens with zero attached hydrogens (tertiary/aromatic N) is 1. The second-order valence-corrected chi connectivity index (χ2v) is 3.35. The number of nitrogens with two attached hydrogens (primary N) is 2. The maximum Gasteiger partial charge on any atom is 0.274 e. The predicted octanol–water partition coefficient (Wildman–Crippen LogP) is 1.76. The lowest BCUT2D eigenvalue weighted by molar-refractivity contribution is -0.385. The van der Waals surface area contributed by atoms with Gasteiger partial charge < -0.3 is 11.5 Å². The molecule has 1 aromatic rings. The Labute approximate surface area is 100 Å². The Hall–Kier alpha value is -1.17. The van der Waals surface area contributed by atoms with Gasteiger partial charge in [-0.2, -0.15) is 0 Å². The summed E-state index contributed by atoms with van der Waals surface area (Å²) in [5.74, 6) is 0. The van der Waals surface area contributed by atoms with Crippen LogP contribution in [0.2, 0.25) is 0 Å². The van der Waals surface area contributed by atoms with Gasteiger partial charge >= 0.3 is 0 Å². The minimum Gasteiger partial charge on any atom is -0.330 e. The van der Waals surface area contributed by atoms with Crippen LogP contribution in [0.3, 0.4) is 0 Å². The van der Waals surface area contributed by atoms with Crippen LogP contribution in [0.25, 0.3) is 0 Å². The molecule has 0 aliphatic heterocycles. The largest absolute Gasteiger partial charge is 0.330 e. The Kier molecular flexibility index (Phi) is 6.64. The molecule has 0 bridgehead atoms. The molecule has 1 atom stereocenters. The van der Waals surface area contributed by atoms with E-state index in [9.17, 15) is 10.1 Å². The summed E-state index contributed by atoms with van der Waals surface area (Å²) in [7, 11) is 0. The van der Waals surface area contributed by atoms with Gasteiger partial charge in [-0.25, -0.2) is 0 Å². The summed E-state index contributed by atoms with van der Waals surface area (Å²) in [5.41, 5.74) is 11.9. The predicted molar refractivity (Wildman–Crippen MR) is 65.6 cm³/mol. The van der Waals surface area contributed by atoms with E-state index < -0.39 is 4.92 Å². The molecule has 0 saturated carbocycles. The fourth-order valence-electron chi connectivity index (χ4n) is 1.46. The van der Waals surface area contributed by atoms with Crippen molar-refractivity contribution in [1.29, 1.82) is 0 Å². The van der Waals surface area contributed by atoms with Crippen molar-refractivity contribution < 1.29 is 4.92 Å². The topological polar surface area (TPSA) is 95.2 Å². The number of nitro benzene ring substituents is 1. The molecule has 0 aliphatic rings. The van der Waals surface area contributed by atoms with Gasteiger partial charge in [-0.15, -0.1) is 12.4 Å². The maximum atomic E-state index is 10.7. The summed E-state index contributed by atoms with van der Waals surface area (Å²) in [6, 6.07) is 6.24. The zero-order chi connectivity index (χ0) is 11.3. The highest BCUT2D eigenvalue weighted by atomic mass is 35.5. The average Bonchev–Trinajstić information content (AvgIpc) is 2.25. The Morgan fingerprint density at radius 2 is 2.00 bits per heavy atom.